The summed E-state index contributed by atoms with van der Waals surface area (Å²) in [5.74, 6) is 0.604. The lowest BCUT2D eigenvalue weighted by Gasteiger charge is -2.35. The van der Waals surface area contributed by atoms with Crippen molar-refractivity contribution in [2.45, 2.75) is 67.5 Å². The summed E-state index contributed by atoms with van der Waals surface area (Å²) >= 11 is 1.64. The highest BCUT2D eigenvalue weighted by atomic mass is 32.1. The number of rotatable bonds is 7. The van der Waals surface area contributed by atoms with Gasteiger partial charge in [0.1, 0.15) is 0 Å². The summed E-state index contributed by atoms with van der Waals surface area (Å²) in [7, 11) is 0. The van der Waals surface area contributed by atoms with Crippen LogP contribution in [0.25, 0.3) is 10.4 Å². The number of hydrogen-bond acceptors (Lipinski definition) is 6. The zero-order valence-corrected chi connectivity index (χ0v) is 24.1. The zero-order valence-electron chi connectivity index (χ0n) is 23.3. The molecule has 8 heteroatoms. The summed E-state index contributed by atoms with van der Waals surface area (Å²) < 4.78 is 0. The van der Waals surface area contributed by atoms with E-state index in [4.69, 9.17) is 0 Å². The number of hydrogen-bond donors (Lipinski definition) is 2. The highest BCUT2D eigenvalue weighted by Gasteiger charge is 2.38. The molecule has 7 nitrogen and oxygen atoms in total. The molecule has 0 radical (unpaired) electrons. The lowest BCUT2D eigenvalue weighted by molar-refractivity contribution is -0.140. The highest BCUT2D eigenvalue weighted by molar-refractivity contribution is 7.13. The summed E-state index contributed by atoms with van der Waals surface area (Å²) in [6.07, 6.45) is 2.39. The number of allylic oxidation sites excluding steroid dienone is 1. The Kier molecular flexibility index (Phi) is 13.4. The Balaban J connectivity index is 0.000000314. The van der Waals surface area contributed by atoms with Gasteiger partial charge in [0.05, 0.1) is 22.2 Å². The van der Waals surface area contributed by atoms with Crippen LogP contribution in [0.15, 0.2) is 42.4 Å². The van der Waals surface area contributed by atoms with Gasteiger partial charge in [0.15, 0.2) is 5.78 Å². The van der Waals surface area contributed by atoms with Crippen molar-refractivity contribution >= 4 is 29.4 Å². The quantitative estimate of drug-likeness (QED) is 0.387. The van der Waals surface area contributed by atoms with Crippen molar-refractivity contribution in [2.24, 2.45) is 17.3 Å². The first-order valence-electron chi connectivity index (χ1n) is 12.6. The minimum absolute atomic E-state index is 0.0151. The molecule has 2 amide bonds. The van der Waals surface area contributed by atoms with Gasteiger partial charge >= 0.3 is 0 Å². The molecule has 0 saturated carbocycles. The minimum atomic E-state index is -0.322. The van der Waals surface area contributed by atoms with Crippen LogP contribution in [0, 0.1) is 24.2 Å². The molecule has 1 aliphatic heterocycles. The highest BCUT2D eigenvalue weighted by Crippen LogP contribution is 2.34. The molecule has 1 fully saturated rings. The van der Waals surface area contributed by atoms with Crippen LogP contribution in [-0.4, -0.2) is 52.3 Å². The molecule has 1 aromatic heterocycles. The zero-order chi connectivity index (χ0) is 28.2. The summed E-state index contributed by atoms with van der Waals surface area (Å²) in [4.78, 5) is 39.5. The van der Waals surface area contributed by atoms with Crippen molar-refractivity contribution in [2.75, 3.05) is 13.1 Å². The molecule has 204 valence electrons. The van der Waals surface area contributed by atoms with E-state index in [-0.39, 0.29) is 29.1 Å². The number of carbonyl (C=O) groups excluding carboxylic acids is 3. The number of carbonyl (C=O) groups is 3. The topological polar surface area (TPSA) is 99.6 Å². The molecular weight excluding hydrogens is 486 g/mol. The molecule has 2 heterocycles. The van der Waals surface area contributed by atoms with Crippen molar-refractivity contribution in [1.29, 1.82) is 0 Å². The first-order valence-corrected chi connectivity index (χ1v) is 13.5. The number of ketones is 1. The summed E-state index contributed by atoms with van der Waals surface area (Å²) in [5.41, 5.74) is 5.17. The number of β-amino-alcohol motifs (C(OH)–C–C–N with tert-alkyl or cyclic N) is 1. The van der Waals surface area contributed by atoms with Gasteiger partial charge < -0.3 is 15.3 Å². The van der Waals surface area contributed by atoms with E-state index in [1.165, 1.54) is 23.4 Å². The van der Waals surface area contributed by atoms with Crippen LogP contribution in [0.5, 0.6) is 0 Å². The maximum Gasteiger partial charge on any atom is 0.226 e. The van der Waals surface area contributed by atoms with E-state index in [1.54, 1.807) is 11.3 Å². The fourth-order valence-corrected chi connectivity index (χ4v) is 5.12. The molecule has 0 spiro atoms. The Morgan fingerprint density at radius 2 is 1.86 bits per heavy atom. The van der Waals surface area contributed by atoms with E-state index in [0.717, 1.165) is 17.7 Å². The number of aryl methyl sites for hydroxylation is 1. The molecule has 1 aliphatic rings. The van der Waals surface area contributed by atoms with E-state index in [2.05, 4.69) is 63.6 Å². The van der Waals surface area contributed by atoms with Crippen molar-refractivity contribution < 1.29 is 19.5 Å². The molecule has 3 rings (SSSR count). The molecular formula is C29H43N3O4S. The normalized spacial score (nSPS) is 15.6. The van der Waals surface area contributed by atoms with Crippen molar-refractivity contribution in [3.8, 4) is 10.4 Å². The van der Waals surface area contributed by atoms with Gasteiger partial charge in [-0.15, -0.1) is 11.3 Å². The van der Waals surface area contributed by atoms with Crippen molar-refractivity contribution in [1.82, 2.24) is 15.2 Å². The fraction of sp³-hybridized carbons (Fsp3) is 0.517. The number of aliphatic hydroxyl groups excluding tert-OH is 1. The average Bonchev–Trinajstić information content (AvgIpc) is 3.45. The lowest BCUT2D eigenvalue weighted by atomic mass is 9.73. The van der Waals surface area contributed by atoms with Gasteiger partial charge in [-0.05, 0) is 48.8 Å². The standard InChI is InChI=1S/C13H25NO2.C12H12N2OS.C4H6O/c1-9(2)11(13(3,4)5)12(16)14-7-6-10(15)8-14;1-9-12(16-8-14-9)11-4-2-10(3-5-11)6-13-7-15;1-3-4(2)5/h9-11,15H,6-8H2,1-5H3;2-5,7-8H,6H2,1H3,(H,13,15);3H,1H2,2H3. The molecule has 2 N–H and O–H groups in total. The predicted octanol–water partition coefficient (Wildman–Crippen LogP) is 5.02. The second-order valence-electron chi connectivity index (χ2n) is 10.6. The van der Waals surface area contributed by atoms with Crippen molar-refractivity contribution in [3.63, 3.8) is 0 Å². The number of likely N-dealkylation sites (tertiary alicyclic amines) is 1. The van der Waals surface area contributed by atoms with E-state index in [9.17, 15) is 19.5 Å². The summed E-state index contributed by atoms with van der Waals surface area (Å²) in [5, 5.41) is 12.1. The monoisotopic (exact) mass is 529 g/mol. The molecule has 1 aromatic carbocycles. The maximum absolute atomic E-state index is 12.4. The SMILES string of the molecule is C=CC(C)=O.CC(C)C(C(=O)N1CCC(O)C1)C(C)(C)C.Cc1ncsc1-c1ccc(CNC=O)cc1. The Morgan fingerprint density at radius 1 is 1.27 bits per heavy atom. The minimum Gasteiger partial charge on any atom is -0.391 e. The Morgan fingerprint density at radius 3 is 2.24 bits per heavy atom. The summed E-state index contributed by atoms with van der Waals surface area (Å²) in [6, 6.07) is 8.15. The Labute approximate surface area is 226 Å². The molecule has 2 aromatic rings. The molecule has 1 saturated heterocycles. The first kappa shape index (κ1) is 32.2. The fourth-order valence-electron chi connectivity index (χ4n) is 4.31. The number of amides is 2. The molecule has 2 atom stereocenters. The average molecular weight is 530 g/mol. The Hall–Kier alpha value is -2.84. The van der Waals surface area contributed by atoms with Crippen LogP contribution in [0.3, 0.4) is 0 Å². The number of nitrogens with zero attached hydrogens (tertiary/aromatic N) is 2. The number of aliphatic hydroxyl groups is 1. The van der Waals surface area contributed by atoms with Gasteiger partial charge in [0, 0.05) is 25.6 Å². The van der Waals surface area contributed by atoms with E-state index >= 15 is 0 Å². The first-order chi connectivity index (χ1) is 17.3. The number of nitrogens with one attached hydrogen (secondary N) is 1. The van der Waals surface area contributed by atoms with Gasteiger partial charge in [0.25, 0.3) is 0 Å². The van der Waals surface area contributed by atoms with Crippen LogP contribution >= 0.6 is 11.3 Å². The second kappa shape index (κ2) is 15.4. The lowest BCUT2D eigenvalue weighted by Crippen LogP contribution is -2.43. The van der Waals surface area contributed by atoms with Gasteiger partial charge in [-0.2, -0.15) is 0 Å². The molecule has 0 aliphatic carbocycles. The van der Waals surface area contributed by atoms with E-state index < -0.39 is 0 Å². The summed E-state index contributed by atoms with van der Waals surface area (Å²) in [6.45, 7) is 19.0. The predicted molar refractivity (Wildman–Crippen MR) is 151 cm³/mol. The molecule has 2 unspecified atom stereocenters. The number of benzene rings is 1. The van der Waals surface area contributed by atoms with Crippen LogP contribution in [-0.2, 0) is 20.9 Å². The van der Waals surface area contributed by atoms with Gasteiger partial charge in [-0.3, -0.25) is 14.4 Å². The largest absolute Gasteiger partial charge is 0.391 e. The third-order valence-corrected chi connectivity index (χ3v) is 6.96. The molecule has 0 bridgehead atoms. The number of thiazole rings is 1. The Bertz CT molecular complexity index is 1010. The van der Waals surface area contributed by atoms with Crippen LogP contribution < -0.4 is 5.32 Å². The van der Waals surface area contributed by atoms with Crippen molar-refractivity contribution in [3.05, 3.63) is 53.7 Å². The van der Waals surface area contributed by atoms with Crippen LogP contribution in [0.4, 0.5) is 0 Å². The van der Waals surface area contributed by atoms with Gasteiger partial charge in [-0.25, -0.2) is 4.98 Å². The van der Waals surface area contributed by atoms with E-state index in [1.807, 2.05) is 29.5 Å². The number of aromatic nitrogens is 1. The maximum atomic E-state index is 12.4. The third kappa shape index (κ3) is 11.0. The second-order valence-corrected chi connectivity index (χ2v) is 11.4. The smallest absolute Gasteiger partial charge is 0.226 e. The van der Waals surface area contributed by atoms with Crippen LogP contribution in [0.2, 0.25) is 0 Å². The van der Waals surface area contributed by atoms with Gasteiger partial charge in [0.2, 0.25) is 12.3 Å². The van der Waals surface area contributed by atoms with Crippen LogP contribution in [0.1, 0.15) is 59.2 Å². The van der Waals surface area contributed by atoms with Gasteiger partial charge in [-0.1, -0.05) is 65.5 Å². The molecule has 37 heavy (non-hydrogen) atoms. The third-order valence-electron chi connectivity index (χ3n) is 5.98. The van der Waals surface area contributed by atoms with E-state index in [0.29, 0.717) is 32.0 Å².